The molecule has 1 aliphatic heterocycles. The quantitative estimate of drug-likeness (QED) is 0.396. The summed E-state index contributed by atoms with van der Waals surface area (Å²) in [6.45, 7) is 2.92. The zero-order valence-electron chi connectivity index (χ0n) is 17.8. The molecule has 0 saturated carbocycles. The molecule has 8 heteroatoms. The minimum Gasteiger partial charge on any atom is -0.494 e. The van der Waals surface area contributed by atoms with Crippen molar-refractivity contribution in [1.82, 2.24) is 5.32 Å². The van der Waals surface area contributed by atoms with Crippen LogP contribution in [0.25, 0.3) is 0 Å². The topological polar surface area (TPSA) is 84.9 Å². The van der Waals surface area contributed by atoms with Crippen LogP contribution in [-0.4, -0.2) is 37.5 Å². The number of hydrogen-bond acceptors (Lipinski definition) is 5. The second kappa shape index (κ2) is 9.75. The summed E-state index contributed by atoms with van der Waals surface area (Å²) in [7, 11) is 0. The summed E-state index contributed by atoms with van der Waals surface area (Å²) in [6, 6.07) is 18.1. The molecular formula is C25H21ClN2O5. The maximum Gasteiger partial charge on any atom is 0.266 e. The zero-order valence-corrected chi connectivity index (χ0v) is 18.6. The van der Waals surface area contributed by atoms with E-state index in [-0.39, 0.29) is 35.7 Å². The van der Waals surface area contributed by atoms with Gasteiger partial charge in [-0.05, 0) is 73.7 Å². The Balaban J connectivity index is 1.40. The number of amides is 3. The van der Waals surface area contributed by atoms with Crippen LogP contribution in [0.4, 0.5) is 5.69 Å². The molecule has 3 aromatic carbocycles. The number of nitrogens with zero attached hydrogens (tertiary/aromatic N) is 1. The maximum atomic E-state index is 12.9. The van der Waals surface area contributed by atoms with Gasteiger partial charge in [0, 0.05) is 10.6 Å². The van der Waals surface area contributed by atoms with Gasteiger partial charge in [0.15, 0.2) is 0 Å². The summed E-state index contributed by atoms with van der Waals surface area (Å²) >= 11 is 5.84. The lowest BCUT2D eigenvalue weighted by Crippen LogP contribution is -2.29. The zero-order chi connectivity index (χ0) is 23.4. The Morgan fingerprint density at radius 3 is 2.21 bits per heavy atom. The highest BCUT2D eigenvalue weighted by Crippen LogP contribution is 2.30. The molecule has 0 bridgehead atoms. The van der Waals surface area contributed by atoms with Gasteiger partial charge in [-0.25, -0.2) is 4.90 Å². The molecule has 1 aliphatic rings. The van der Waals surface area contributed by atoms with E-state index < -0.39 is 11.8 Å². The normalized spacial score (nSPS) is 12.5. The number of fused-ring (bicyclic) bond motifs is 1. The number of imide groups is 1. The SMILES string of the molecule is CCOc1ccc(N2C(=O)c3ccc(C(=O)NCCOc4ccc(Cl)cc4)cc3C2=O)cc1. The van der Waals surface area contributed by atoms with Crippen molar-refractivity contribution in [3.63, 3.8) is 0 Å². The van der Waals surface area contributed by atoms with E-state index in [4.69, 9.17) is 21.1 Å². The maximum absolute atomic E-state index is 12.9. The van der Waals surface area contributed by atoms with Crippen LogP contribution >= 0.6 is 11.6 Å². The molecule has 0 spiro atoms. The van der Waals surface area contributed by atoms with Crippen molar-refractivity contribution in [2.75, 3.05) is 24.7 Å². The van der Waals surface area contributed by atoms with Gasteiger partial charge in [-0.15, -0.1) is 0 Å². The van der Waals surface area contributed by atoms with E-state index in [0.717, 1.165) is 4.90 Å². The van der Waals surface area contributed by atoms with Gasteiger partial charge in [-0.3, -0.25) is 14.4 Å². The molecule has 3 amide bonds. The Kier molecular flexibility index (Phi) is 6.60. The van der Waals surface area contributed by atoms with Crippen LogP contribution in [0.15, 0.2) is 66.7 Å². The molecule has 0 fully saturated rings. The molecule has 0 aromatic heterocycles. The molecule has 0 atom stereocenters. The largest absolute Gasteiger partial charge is 0.494 e. The van der Waals surface area contributed by atoms with Gasteiger partial charge in [-0.1, -0.05) is 11.6 Å². The first kappa shape index (κ1) is 22.4. The highest BCUT2D eigenvalue weighted by molar-refractivity contribution is 6.34. The molecule has 0 radical (unpaired) electrons. The average molecular weight is 465 g/mol. The standard InChI is InChI=1S/C25H21ClN2O5/c1-2-32-19-10-6-18(7-11-19)28-24(30)21-12-3-16(15-22(21)25(28)31)23(29)27-13-14-33-20-8-4-17(26)5-9-20/h3-12,15H,2,13-14H2,1H3,(H,27,29). The Bertz CT molecular complexity index is 1190. The summed E-state index contributed by atoms with van der Waals surface area (Å²) in [4.78, 5) is 39.4. The Morgan fingerprint density at radius 1 is 0.879 bits per heavy atom. The Hall–Kier alpha value is -3.84. The van der Waals surface area contributed by atoms with Crippen LogP contribution in [0.2, 0.25) is 5.02 Å². The molecule has 0 unspecified atom stereocenters. The smallest absolute Gasteiger partial charge is 0.266 e. The Morgan fingerprint density at radius 2 is 1.52 bits per heavy atom. The molecule has 3 aromatic rings. The molecular weight excluding hydrogens is 444 g/mol. The minimum absolute atomic E-state index is 0.193. The molecule has 4 rings (SSSR count). The number of rotatable bonds is 8. The minimum atomic E-state index is -0.472. The number of carbonyl (C=O) groups is 3. The first-order chi connectivity index (χ1) is 16.0. The van der Waals surface area contributed by atoms with Crippen LogP contribution in [-0.2, 0) is 0 Å². The summed E-state index contributed by atoms with van der Waals surface area (Å²) in [6.07, 6.45) is 0. The number of anilines is 1. The van der Waals surface area contributed by atoms with Crippen LogP contribution in [0.5, 0.6) is 11.5 Å². The van der Waals surface area contributed by atoms with Gasteiger partial charge in [0.25, 0.3) is 17.7 Å². The third-order valence-corrected chi connectivity index (χ3v) is 5.28. The van der Waals surface area contributed by atoms with Gasteiger partial charge in [0.05, 0.1) is 30.0 Å². The number of benzene rings is 3. The number of hydrogen-bond donors (Lipinski definition) is 1. The summed E-state index contributed by atoms with van der Waals surface area (Å²) in [5.74, 6) is 0.0289. The number of ether oxygens (including phenoxy) is 2. The second-order valence-electron chi connectivity index (χ2n) is 7.19. The average Bonchev–Trinajstić information content (AvgIpc) is 3.08. The van der Waals surface area contributed by atoms with Crippen molar-refractivity contribution in [3.8, 4) is 11.5 Å². The monoisotopic (exact) mass is 464 g/mol. The van der Waals surface area contributed by atoms with Gasteiger partial charge < -0.3 is 14.8 Å². The third-order valence-electron chi connectivity index (χ3n) is 5.02. The van der Waals surface area contributed by atoms with Gasteiger partial charge >= 0.3 is 0 Å². The molecule has 7 nitrogen and oxygen atoms in total. The molecule has 1 N–H and O–H groups in total. The van der Waals surface area contributed by atoms with Crippen molar-refractivity contribution in [1.29, 1.82) is 0 Å². The first-order valence-corrected chi connectivity index (χ1v) is 10.8. The number of carbonyl (C=O) groups excluding carboxylic acids is 3. The highest BCUT2D eigenvalue weighted by Gasteiger charge is 2.37. The molecule has 1 heterocycles. The third kappa shape index (κ3) is 4.83. The Labute approximate surface area is 195 Å². The lowest BCUT2D eigenvalue weighted by molar-refractivity contribution is 0.0923. The van der Waals surface area contributed by atoms with E-state index in [2.05, 4.69) is 5.32 Å². The summed E-state index contributed by atoms with van der Waals surface area (Å²) in [5, 5.41) is 3.36. The van der Waals surface area contributed by atoms with E-state index >= 15 is 0 Å². The van der Waals surface area contributed by atoms with Crippen molar-refractivity contribution in [2.45, 2.75) is 6.92 Å². The lowest BCUT2D eigenvalue weighted by atomic mass is 10.1. The van der Waals surface area contributed by atoms with E-state index in [1.807, 2.05) is 6.92 Å². The van der Waals surface area contributed by atoms with E-state index in [0.29, 0.717) is 28.8 Å². The summed E-state index contributed by atoms with van der Waals surface area (Å²) < 4.78 is 11.0. The van der Waals surface area contributed by atoms with E-state index in [1.165, 1.54) is 18.2 Å². The predicted octanol–water partition coefficient (Wildman–Crippen LogP) is 4.35. The van der Waals surface area contributed by atoms with Gasteiger partial charge in [0.1, 0.15) is 18.1 Å². The highest BCUT2D eigenvalue weighted by atomic mass is 35.5. The fourth-order valence-corrected chi connectivity index (χ4v) is 3.57. The van der Waals surface area contributed by atoms with Crippen LogP contribution in [0.1, 0.15) is 38.0 Å². The summed E-state index contributed by atoms with van der Waals surface area (Å²) in [5.41, 5.74) is 1.18. The van der Waals surface area contributed by atoms with Crippen molar-refractivity contribution in [2.24, 2.45) is 0 Å². The lowest BCUT2D eigenvalue weighted by Gasteiger charge is -2.14. The fraction of sp³-hybridized carbons (Fsp3) is 0.160. The first-order valence-electron chi connectivity index (χ1n) is 10.4. The van der Waals surface area contributed by atoms with E-state index in [9.17, 15) is 14.4 Å². The van der Waals surface area contributed by atoms with Crippen molar-refractivity contribution < 1.29 is 23.9 Å². The van der Waals surface area contributed by atoms with Crippen LogP contribution in [0, 0.1) is 0 Å². The fourth-order valence-electron chi connectivity index (χ4n) is 3.44. The molecule has 0 saturated heterocycles. The van der Waals surface area contributed by atoms with Gasteiger partial charge in [-0.2, -0.15) is 0 Å². The van der Waals surface area contributed by atoms with Crippen LogP contribution < -0.4 is 19.7 Å². The van der Waals surface area contributed by atoms with Crippen LogP contribution in [0.3, 0.4) is 0 Å². The van der Waals surface area contributed by atoms with Gasteiger partial charge in [0.2, 0.25) is 0 Å². The molecule has 33 heavy (non-hydrogen) atoms. The molecule has 168 valence electrons. The van der Waals surface area contributed by atoms with E-state index in [1.54, 1.807) is 48.5 Å². The molecule has 0 aliphatic carbocycles. The second-order valence-corrected chi connectivity index (χ2v) is 7.63. The predicted molar refractivity (Wildman–Crippen MR) is 124 cm³/mol. The number of halogens is 1. The number of nitrogens with one attached hydrogen (secondary N) is 1. The van der Waals surface area contributed by atoms with Crippen molar-refractivity contribution >= 4 is 35.0 Å². The van der Waals surface area contributed by atoms with Crippen molar-refractivity contribution in [3.05, 3.63) is 88.4 Å².